The van der Waals surface area contributed by atoms with Gasteiger partial charge in [0.1, 0.15) is 10.3 Å². The number of ether oxygens (including phenoxy) is 1. The standard InChI is InChI=1S/C10H14BrN3O2/c1-7-13-5-9(11)10(15)14(7)6-8-4-12-2-3-16-8/h5,8,12H,2-4,6H2,1H3. The van der Waals surface area contributed by atoms with E-state index < -0.39 is 0 Å². The number of aromatic nitrogens is 2. The monoisotopic (exact) mass is 287 g/mol. The molecule has 1 N–H and O–H groups in total. The molecule has 1 aromatic rings. The van der Waals surface area contributed by atoms with Gasteiger partial charge < -0.3 is 10.1 Å². The quantitative estimate of drug-likeness (QED) is 0.850. The third-order valence-electron chi connectivity index (χ3n) is 2.60. The van der Waals surface area contributed by atoms with Gasteiger partial charge in [-0.25, -0.2) is 4.98 Å². The lowest BCUT2D eigenvalue weighted by atomic mass is 10.3. The second-order valence-electron chi connectivity index (χ2n) is 3.77. The molecule has 2 rings (SSSR count). The molecule has 0 bridgehead atoms. The predicted molar refractivity (Wildman–Crippen MR) is 63.5 cm³/mol. The molecule has 1 atom stereocenters. The Balaban J connectivity index is 2.20. The summed E-state index contributed by atoms with van der Waals surface area (Å²) in [7, 11) is 0. The molecular weight excluding hydrogens is 274 g/mol. The van der Waals surface area contributed by atoms with E-state index in [0.717, 1.165) is 13.1 Å². The summed E-state index contributed by atoms with van der Waals surface area (Å²) in [6.07, 6.45) is 1.58. The third-order valence-corrected chi connectivity index (χ3v) is 3.14. The highest BCUT2D eigenvalue weighted by Gasteiger charge is 2.16. The van der Waals surface area contributed by atoms with Crippen LogP contribution in [-0.4, -0.2) is 35.4 Å². The Morgan fingerprint density at radius 3 is 3.25 bits per heavy atom. The fraction of sp³-hybridized carbons (Fsp3) is 0.600. The van der Waals surface area contributed by atoms with E-state index >= 15 is 0 Å². The van der Waals surface area contributed by atoms with Gasteiger partial charge in [-0.05, 0) is 22.9 Å². The molecule has 0 amide bonds. The molecule has 16 heavy (non-hydrogen) atoms. The second kappa shape index (κ2) is 5.07. The number of morpholine rings is 1. The van der Waals surface area contributed by atoms with Gasteiger partial charge in [-0.1, -0.05) is 0 Å². The predicted octanol–water partition coefficient (Wildman–Crippen LogP) is 0.303. The van der Waals surface area contributed by atoms with Crippen molar-refractivity contribution in [2.24, 2.45) is 0 Å². The summed E-state index contributed by atoms with van der Waals surface area (Å²) in [6.45, 7) is 4.72. The lowest BCUT2D eigenvalue weighted by Gasteiger charge is -2.24. The minimum atomic E-state index is -0.0540. The van der Waals surface area contributed by atoms with Gasteiger partial charge in [0.2, 0.25) is 0 Å². The molecule has 5 nitrogen and oxygen atoms in total. The van der Waals surface area contributed by atoms with Crippen LogP contribution in [0.2, 0.25) is 0 Å². The molecule has 0 radical (unpaired) electrons. The Bertz CT molecular complexity index is 427. The first-order chi connectivity index (χ1) is 7.68. The number of rotatable bonds is 2. The van der Waals surface area contributed by atoms with Crippen LogP contribution < -0.4 is 10.9 Å². The average molecular weight is 288 g/mol. The average Bonchev–Trinajstić information content (AvgIpc) is 2.31. The highest BCUT2D eigenvalue weighted by Crippen LogP contribution is 2.04. The number of aryl methyl sites for hydroxylation is 1. The molecule has 1 saturated heterocycles. The highest BCUT2D eigenvalue weighted by molar-refractivity contribution is 9.10. The van der Waals surface area contributed by atoms with Crippen LogP contribution in [0.5, 0.6) is 0 Å². The number of halogens is 1. The van der Waals surface area contributed by atoms with Crippen molar-refractivity contribution in [3.63, 3.8) is 0 Å². The normalized spacial score (nSPS) is 21.0. The molecule has 0 aliphatic carbocycles. The van der Waals surface area contributed by atoms with E-state index in [1.54, 1.807) is 4.57 Å². The lowest BCUT2D eigenvalue weighted by molar-refractivity contribution is 0.0170. The number of nitrogens with zero attached hydrogens (tertiary/aromatic N) is 2. The third kappa shape index (κ3) is 2.50. The SMILES string of the molecule is Cc1ncc(Br)c(=O)n1CC1CNCCO1. The zero-order valence-electron chi connectivity index (χ0n) is 9.07. The van der Waals surface area contributed by atoms with Crippen molar-refractivity contribution < 1.29 is 4.74 Å². The molecule has 0 aromatic carbocycles. The van der Waals surface area contributed by atoms with Crippen LogP contribution in [0.25, 0.3) is 0 Å². The molecule has 2 heterocycles. The lowest BCUT2D eigenvalue weighted by Crippen LogP contribution is -2.42. The Morgan fingerprint density at radius 2 is 2.56 bits per heavy atom. The van der Waals surface area contributed by atoms with Crippen molar-refractivity contribution in [1.29, 1.82) is 0 Å². The molecule has 1 aliphatic rings. The first kappa shape index (κ1) is 11.8. The van der Waals surface area contributed by atoms with Gasteiger partial charge in [-0.2, -0.15) is 0 Å². The maximum absolute atomic E-state index is 11.9. The zero-order valence-corrected chi connectivity index (χ0v) is 10.7. The van der Waals surface area contributed by atoms with Crippen molar-refractivity contribution in [3.8, 4) is 0 Å². The van der Waals surface area contributed by atoms with Crippen LogP contribution in [0.3, 0.4) is 0 Å². The van der Waals surface area contributed by atoms with Crippen LogP contribution in [0.15, 0.2) is 15.5 Å². The van der Waals surface area contributed by atoms with Gasteiger partial charge in [0.25, 0.3) is 5.56 Å². The summed E-state index contributed by atoms with van der Waals surface area (Å²) in [6, 6.07) is 0. The molecule has 88 valence electrons. The molecule has 1 unspecified atom stereocenters. The fourth-order valence-corrected chi connectivity index (χ4v) is 2.02. The molecular formula is C10H14BrN3O2. The first-order valence-electron chi connectivity index (χ1n) is 5.23. The fourth-order valence-electron chi connectivity index (χ4n) is 1.71. The van der Waals surface area contributed by atoms with Crippen LogP contribution in [0.4, 0.5) is 0 Å². The first-order valence-corrected chi connectivity index (χ1v) is 6.02. The van der Waals surface area contributed by atoms with E-state index in [0.29, 0.717) is 23.4 Å². The molecule has 1 fully saturated rings. The van der Waals surface area contributed by atoms with Crippen molar-refractivity contribution >= 4 is 15.9 Å². The van der Waals surface area contributed by atoms with Crippen molar-refractivity contribution in [1.82, 2.24) is 14.9 Å². The van der Waals surface area contributed by atoms with Crippen LogP contribution in [-0.2, 0) is 11.3 Å². The zero-order chi connectivity index (χ0) is 11.5. The van der Waals surface area contributed by atoms with E-state index in [4.69, 9.17) is 4.74 Å². The molecule has 0 saturated carbocycles. The Hall–Kier alpha value is -0.720. The van der Waals surface area contributed by atoms with E-state index in [1.807, 2.05) is 6.92 Å². The van der Waals surface area contributed by atoms with Gasteiger partial charge in [0, 0.05) is 19.3 Å². The summed E-state index contributed by atoms with van der Waals surface area (Å²) < 4.78 is 7.69. The van der Waals surface area contributed by atoms with Gasteiger partial charge in [0.15, 0.2) is 0 Å². The van der Waals surface area contributed by atoms with Gasteiger partial charge in [0.05, 0.1) is 19.3 Å². The van der Waals surface area contributed by atoms with Crippen molar-refractivity contribution in [2.75, 3.05) is 19.7 Å². The smallest absolute Gasteiger partial charge is 0.267 e. The Kier molecular flexibility index (Phi) is 3.73. The maximum atomic E-state index is 11.9. The van der Waals surface area contributed by atoms with Crippen molar-refractivity contribution in [3.05, 3.63) is 26.8 Å². The Morgan fingerprint density at radius 1 is 1.75 bits per heavy atom. The summed E-state index contributed by atoms with van der Waals surface area (Å²) in [4.78, 5) is 16.0. The second-order valence-corrected chi connectivity index (χ2v) is 4.62. The number of hydrogen-bond acceptors (Lipinski definition) is 4. The van der Waals surface area contributed by atoms with Crippen LogP contribution in [0, 0.1) is 6.92 Å². The minimum absolute atomic E-state index is 0.0428. The van der Waals surface area contributed by atoms with Gasteiger partial charge >= 0.3 is 0 Å². The molecule has 1 aromatic heterocycles. The molecule has 0 spiro atoms. The maximum Gasteiger partial charge on any atom is 0.267 e. The topological polar surface area (TPSA) is 56.2 Å². The van der Waals surface area contributed by atoms with Gasteiger partial charge in [-0.15, -0.1) is 0 Å². The van der Waals surface area contributed by atoms with Crippen LogP contribution in [0.1, 0.15) is 5.82 Å². The van der Waals surface area contributed by atoms with E-state index in [9.17, 15) is 4.79 Å². The molecule has 1 aliphatic heterocycles. The summed E-state index contributed by atoms with van der Waals surface area (Å²) in [5, 5.41) is 3.24. The summed E-state index contributed by atoms with van der Waals surface area (Å²) in [5.41, 5.74) is -0.0540. The summed E-state index contributed by atoms with van der Waals surface area (Å²) >= 11 is 3.19. The molecule has 6 heteroatoms. The van der Waals surface area contributed by atoms with E-state index in [2.05, 4.69) is 26.2 Å². The largest absolute Gasteiger partial charge is 0.374 e. The minimum Gasteiger partial charge on any atom is -0.374 e. The number of hydrogen-bond donors (Lipinski definition) is 1. The van der Waals surface area contributed by atoms with E-state index in [-0.39, 0.29) is 11.7 Å². The van der Waals surface area contributed by atoms with Crippen molar-refractivity contribution in [2.45, 2.75) is 19.6 Å². The summed E-state index contributed by atoms with van der Waals surface area (Å²) in [5.74, 6) is 0.711. The highest BCUT2D eigenvalue weighted by atomic mass is 79.9. The van der Waals surface area contributed by atoms with Gasteiger partial charge in [-0.3, -0.25) is 9.36 Å². The Labute approximate surface area is 102 Å². The number of nitrogens with one attached hydrogen (secondary N) is 1. The van der Waals surface area contributed by atoms with Crippen LogP contribution >= 0.6 is 15.9 Å². The van der Waals surface area contributed by atoms with E-state index in [1.165, 1.54) is 6.20 Å².